The molecule has 3 aliphatic rings. The fourth-order valence-electron chi connectivity index (χ4n) is 12.1. The summed E-state index contributed by atoms with van der Waals surface area (Å²) in [6.45, 7) is 4.75. The number of anilines is 3. The number of rotatable bonds is 6. The van der Waals surface area contributed by atoms with Crippen LogP contribution in [0.25, 0.3) is 66.8 Å². The molecular formula is C64H45N. The zero-order valence-electron chi connectivity index (χ0n) is 36.5. The number of benzene rings is 10. The van der Waals surface area contributed by atoms with Gasteiger partial charge in [-0.15, -0.1) is 0 Å². The lowest BCUT2D eigenvalue weighted by Crippen LogP contribution is -2.28. The van der Waals surface area contributed by atoms with E-state index in [1.807, 2.05) is 0 Å². The molecule has 0 unspecified atom stereocenters. The topological polar surface area (TPSA) is 3.24 Å². The second-order valence-corrected chi connectivity index (χ2v) is 18.3. The van der Waals surface area contributed by atoms with E-state index in [0.717, 1.165) is 17.1 Å². The van der Waals surface area contributed by atoms with Crippen molar-refractivity contribution in [2.24, 2.45) is 0 Å². The largest absolute Gasteiger partial charge is 0.309 e. The van der Waals surface area contributed by atoms with Crippen LogP contribution < -0.4 is 4.90 Å². The van der Waals surface area contributed by atoms with Crippen molar-refractivity contribution in [2.75, 3.05) is 4.90 Å². The molecule has 0 heterocycles. The van der Waals surface area contributed by atoms with Gasteiger partial charge in [-0.1, -0.05) is 232 Å². The molecule has 1 nitrogen and oxygen atoms in total. The van der Waals surface area contributed by atoms with Gasteiger partial charge in [0, 0.05) is 22.1 Å². The maximum Gasteiger partial charge on any atom is 0.0746 e. The van der Waals surface area contributed by atoms with Crippen LogP contribution >= 0.6 is 0 Å². The third-order valence-corrected chi connectivity index (χ3v) is 14.7. The Bertz CT molecular complexity index is 3470. The fourth-order valence-corrected chi connectivity index (χ4v) is 12.1. The molecule has 0 atom stereocenters. The first-order valence-electron chi connectivity index (χ1n) is 22.9. The van der Waals surface area contributed by atoms with Gasteiger partial charge in [0.25, 0.3) is 0 Å². The highest BCUT2D eigenvalue weighted by Crippen LogP contribution is 2.66. The summed E-state index contributed by atoms with van der Waals surface area (Å²) in [4.78, 5) is 2.62. The van der Waals surface area contributed by atoms with Gasteiger partial charge in [0.05, 0.1) is 22.5 Å². The maximum atomic E-state index is 2.62. The summed E-state index contributed by atoms with van der Waals surface area (Å²) in [5, 5.41) is 0. The lowest BCUT2D eigenvalue weighted by Gasteiger charge is -2.37. The quantitative estimate of drug-likeness (QED) is 0.161. The summed E-state index contributed by atoms with van der Waals surface area (Å²) >= 11 is 0. The third kappa shape index (κ3) is 5.21. The number of hydrogen-bond acceptors (Lipinski definition) is 1. The van der Waals surface area contributed by atoms with Crippen LogP contribution in [0.4, 0.5) is 17.1 Å². The van der Waals surface area contributed by atoms with Crippen molar-refractivity contribution in [3.05, 3.63) is 270 Å². The molecule has 1 spiro atoms. The van der Waals surface area contributed by atoms with Gasteiger partial charge in [-0.2, -0.15) is 0 Å². The normalized spacial score (nSPS) is 13.9. The molecule has 0 N–H and O–H groups in total. The minimum Gasteiger partial charge on any atom is -0.309 e. The summed E-state index contributed by atoms with van der Waals surface area (Å²) in [7, 11) is 0. The van der Waals surface area contributed by atoms with Crippen LogP contribution in [0.5, 0.6) is 0 Å². The molecule has 0 aromatic heterocycles. The Labute approximate surface area is 381 Å². The van der Waals surface area contributed by atoms with Crippen molar-refractivity contribution < 1.29 is 0 Å². The van der Waals surface area contributed by atoms with Gasteiger partial charge in [-0.3, -0.25) is 0 Å². The zero-order chi connectivity index (χ0) is 43.3. The number of para-hydroxylation sites is 2. The van der Waals surface area contributed by atoms with Crippen molar-refractivity contribution in [1.82, 2.24) is 0 Å². The van der Waals surface area contributed by atoms with E-state index in [4.69, 9.17) is 0 Å². The molecule has 0 amide bonds. The lowest BCUT2D eigenvalue weighted by molar-refractivity contribution is 0.660. The van der Waals surface area contributed by atoms with Crippen LogP contribution in [-0.4, -0.2) is 0 Å². The first-order chi connectivity index (χ1) is 32.1. The van der Waals surface area contributed by atoms with Crippen LogP contribution in [0.1, 0.15) is 47.2 Å². The van der Waals surface area contributed by atoms with Crippen molar-refractivity contribution in [3.8, 4) is 66.8 Å². The van der Waals surface area contributed by atoms with Gasteiger partial charge in [-0.25, -0.2) is 0 Å². The fraction of sp³-hybridized carbons (Fsp3) is 0.0625. The Morgan fingerprint density at radius 1 is 0.262 bits per heavy atom. The van der Waals surface area contributed by atoms with E-state index < -0.39 is 5.41 Å². The maximum absolute atomic E-state index is 2.62. The van der Waals surface area contributed by atoms with E-state index >= 15 is 0 Å². The average molecular weight is 828 g/mol. The van der Waals surface area contributed by atoms with Crippen molar-refractivity contribution in [3.63, 3.8) is 0 Å². The van der Waals surface area contributed by atoms with E-state index in [9.17, 15) is 0 Å². The van der Waals surface area contributed by atoms with Gasteiger partial charge in [0.1, 0.15) is 0 Å². The summed E-state index contributed by atoms with van der Waals surface area (Å²) in [5.74, 6) is 0. The summed E-state index contributed by atoms with van der Waals surface area (Å²) in [6, 6.07) is 88.4. The van der Waals surface area contributed by atoms with E-state index in [0.29, 0.717) is 0 Å². The van der Waals surface area contributed by atoms with Gasteiger partial charge >= 0.3 is 0 Å². The summed E-state index contributed by atoms with van der Waals surface area (Å²) in [6.07, 6.45) is 0. The molecule has 1 heteroatoms. The molecule has 0 fully saturated rings. The Balaban J connectivity index is 1.16. The predicted molar refractivity (Wildman–Crippen MR) is 271 cm³/mol. The molecule has 0 saturated heterocycles. The molecule has 3 aliphatic carbocycles. The molecule has 0 radical (unpaired) electrons. The third-order valence-electron chi connectivity index (χ3n) is 14.7. The summed E-state index contributed by atoms with van der Waals surface area (Å²) in [5.41, 5.74) is 25.7. The minimum absolute atomic E-state index is 0.133. The Morgan fingerprint density at radius 3 is 1.26 bits per heavy atom. The van der Waals surface area contributed by atoms with Crippen LogP contribution in [0, 0.1) is 0 Å². The second kappa shape index (κ2) is 14.3. The molecular weight excluding hydrogens is 783 g/mol. The van der Waals surface area contributed by atoms with E-state index in [1.54, 1.807) is 0 Å². The lowest BCUT2D eigenvalue weighted by atomic mass is 9.70. The van der Waals surface area contributed by atoms with Gasteiger partial charge in [-0.05, 0) is 102 Å². The highest BCUT2D eigenvalue weighted by Gasteiger charge is 2.53. The molecule has 13 rings (SSSR count). The Morgan fingerprint density at radius 2 is 0.646 bits per heavy atom. The average Bonchev–Trinajstić information content (AvgIpc) is 3.94. The SMILES string of the molecule is CC1(C)c2ccccc2-c2c(-c3ccccc3N(c3ccccc3-c3ccccc3-c3ccccc3)c3cccc4c3C3(c5ccccc5-c5ccccc53)c3ccccc3-4)cccc21. The van der Waals surface area contributed by atoms with Crippen LogP contribution in [0.2, 0.25) is 0 Å². The standard InChI is InChI=1S/C64H45N/c1-63(2)53-34-14-11-31-52(53)61-50(32-20-38-57(61)63)49-30-13-19-40-59(49)65(58-39-18-12-29-48(58)44-25-7-6-24-43(44)42-22-4-3-5-23-42)60-41-21-33-51-47-28-10-17-37-56(47)64(62(51)60)54-35-15-8-26-45(54)46-27-9-16-36-55(46)64/h3-41H,1-2H3. The van der Waals surface area contributed by atoms with Crippen LogP contribution in [-0.2, 0) is 10.8 Å². The molecule has 65 heavy (non-hydrogen) atoms. The molecule has 0 aliphatic heterocycles. The van der Waals surface area contributed by atoms with Gasteiger partial charge in [0.15, 0.2) is 0 Å². The first kappa shape index (κ1) is 37.5. The summed E-state index contributed by atoms with van der Waals surface area (Å²) < 4.78 is 0. The highest BCUT2D eigenvalue weighted by atomic mass is 15.2. The van der Waals surface area contributed by atoms with Crippen molar-refractivity contribution >= 4 is 17.1 Å². The van der Waals surface area contributed by atoms with Crippen molar-refractivity contribution in [2.45, 2.75) is 24.7 Å². The monoisotopic (exact) mass is 827 g/mol. The van der Waals surface area contributed by atoms with Crippen LogP contribution in [0.3, 0.4) is 0 Å². The number of fused-ring (bicyclic) bond motifs is 13. The molecule has 0 bridgehead atoms. The minimum atomic E-state index is -0.559. The van der Waals surface area contributed by atoms with Crippen LogP contribution in [0.15, 0.2) is 237 Å². The smallest absolute Gasteiger partial charge is 0.0746 e. The van der Waals surface area contributed by atoms with E-state index in [-0.39, 0.29) is 5.41 Å². The highest BCUT2D eigenvalue weighted by molar-refractivity contribution is 6.05. The van der Waals surface area contributed by atoms with E-state index in [1.165, 1.54) is 100 Å². The zero-order valence-corrected chi connectivity index (χ0v) is 36.5. The van der Waals surface area contributed by atoms with Crippen molar-refractivity contribution in [1.29, 1.82) is 0 Å². The first-order valence-corrected chi connectivity index (χ1v) is 22.9. The molecule has 0 saturated carbocycles. The Hall–Kier alpha value is -8.00. The molecule has 306 valence electrons. The van der Waals surface area contributed by atoms with Gasteiger partial charge in [0.2, 0.25) is 0 Å². The second-order valence-electron chi connectivity index (χ2n) is 18.3. The number of hydrogen-bond donors (Lipinski definition) is 0. The Kier molecular flexibility index (Phi) is 8.24. The predicted octanol–water partition coefficient (Wildman–Crippen LogP) is 16.8. The molecule has 10 aromatic carbocycles. The molecule has 10 aromatic rings. The van der Waals surface area contributed by atoms with E-state index in [2.05, 4.69) is 255 Å². The number of nitrogens with zero attached hydrogens (tertiary/aromatic N) is 1. The van der Waals surface area contributed by atoms with Gasteiger partial charge < -0.3 is 4.90 Å².